The number of fused-ring (bicyclic) bond motifs is 1. The zero-order valence-electron chi connectivity index (χ0n) is 17.7. The van der Waals surface area contributed by atoms with Crippen molar-refractivity contribution in [1.82, 2.24) is 34.6 Å². The molecule has 178 valence electrons. The number of aromatic nitrogens is 7. The first-order valence-corrected chi connectivity index (χ1v) is 10.1. The van der Waals surface area contributed by atoms with E-state index in [1.807, 2.05) is 6.92 Å². The lowest BCUT2D eigenvalue weighted by molar-refractivity contribution is -0.137. The van der Waals surface area contributed by atoms with Gasteiger partial charge in [-0.15, -0.1) is 4.80 Å². The smallest absolute Gasteiger partial charge is 0.384 e. The zero-order chi connectivity index (χ0) is 24.5. The fourth-order valence-corrected chi connectivity index (χ4v) is 3.50. The van der Waals surface area contributed by atoms with E-state index in [0.717, 1.165) is 17.1 Å². The third-order valence-electron chi connectivity index (χ3n) is 4.66. The molecule has 4 heterocycles. The number of anilines is 2. The minimum Gasteiger partial charge on any atom is -0.384 e. The number of urea groups is 1. The van der Waals surface area contributed by atoms with E-state index >= 15 is 0 Å². The highest BCUT2D eigenvalue weighted by Gasteiger charge is 2.36. The quantitative estimate of drug-likeness (QED) is 0.417. The lowest BCUT2D eigenvalue weighted by Gasteiger charge is -2.18. The minimum absolute atomic E-state index is 0.191. The van der Waals surface area contributed by atoms with Crippen molar-refractivity contribution in [3.8, 4) is 5.82 Å². The second-order valence-corrected chi connectivity index (χ2v) is 7.53. The maximum absolute atomic E-state index is 13.6. The van der Waals surface area contributed by atoms with Crippen molar-refractivity contribution >= 4 is 34.7 Å². The van der Waals surface area contributed by atoms with Crippen LogP contribution in [0.25, 0.3) is 11.5 Å². The summed E-state index contributed by atoms with van der Waals surface area (Å²) in [5.41, 5.74) is -0.0388. The molecule has 34 heavy (non-hydrogen) atoms. The molecule has 0 aromatic carbocycles. The molecule has 1 atom stereocenters. The Bertz CT molecular complexity index is 1320. The van der Waals surface area contributed by atoms with Crippen molar-refractivity contribution < 1.29 is 22.7 Å². The summed E-state index contributed by atoms with van der Waals surface area (Å²) in [6, 6.07) is 1.48. The summed E-state index contributed by atoms with van der Waals surface area (Å²) in [6.45, 7) is 2.15. The summed E-state index contributed by atoms with van der Waals surface area (Å²) < 4.78 is 47.4. The number of methoxy groups -OCH3 is 1. The predicted octanol–water partition coefficient (Wildman–Crippen LogP) is 3.77. The van der Waals surface area contributed by atoms with Crippen molar-refractivity contribution in [3.05, 3.63) is 53.3 Å². The van der Waals surface area contributed by atoms with Crippen LogP contribution in [0.3, 0.4) is 0 Å². The maximum Gasteiger partial charge on any atom is 0.420 e. The number of carbonyl (C=O) groups excluding carboxylic acids is 1. The molecule has 0 saturated heterocycles. The highest BCUT2D eigenvalue weighted by molar-refractivity contribution is 6.29. The van der Waals surface area contributed by atoms with Crippen molar-refractivity contribution in [1.29, 1.82) is 0 Å². The summed E-state index contributed by atoms with van der Waals surface area (Å²) in [6.07, 6.45) is 0.153. The van der Waals surface area contributed by atoms with Gasteiger partial charge in [0.2, 0.25) is 0 Å². The van der Waals surface area contributed by atoms with E-state index in [9.17, 15) is 18.0 Å². The molecule has 4 rings (SSSR count). The molecule has 0 saturated carbocycles. The van der Waals surface area contributed by atoms with Gasteiger partial charge in [0.15, 0.2) is 16.6 Å². The van der Waals surface area contributed by atoms with Crippen LogP contribution in [0.2, 0.25) is 5.15 Å². The Kier molecular flexibility index (Phi) is 6.34. The molecule has 0 bridgehead atoms. The molecule has 0 aliphatic carbocycles. The van der Waals surface area contributed by atoms with Crippen LogP contribution in [0, 0.1) is 0 Å². The van der Waals surface area contributed by atoms with Gasteiger partial charge in [0.05, 0.1) is 48.5 Å². The highest BCUT2D eigenvalue weighted by atomic mass is 35.5. The van der Waals surface area contributed by atoms with Crippen molar-refractivity contribution in [2.45, 2.75) is 19.0 Å². The Morgan fingerprint density at radius 2 is 1.91 bits per heavy atom. The fraction of sp³-hybridized carbons (Fsp3) is 0.263. The standard InChI is InChI=1S/C19H17ClF3N9O2/c1-10(9-34-2)16-13(8-24-15-6-14(20)30-31(15)16)29-18(33)28-11-5-12(19(21,22)23)17(25-7-11)32-26-3-4-27-32/h3-8,10H,9H2,1-2H3,(H2,28,29,33)/t10-/m1/s1. The molecule has 0 radical (unpaired) electrons. The highest BCUT2D eigenvalue weighted by Crippen LogP contribution is 2.34. The number of hydrogen-bond acceptors (Lipinski definition) is 7. The van der Waals surface area contributed by atoms with E-state index in [2.05, 4.69) is 35.9 Å². The molecule has 11 nitrogen and oxygen atoms in total. The summed E-state index contributed by atoms with van der Waals surface area (Å²) in [7, 11) is 1.53. The third kappa shape index (κ3) is 4.77. The molecule has 2 N–H and O–H groups in total. The molecule has 2 amide bonds. The van der Waals surface area contributed by atoms with E-state index in [4.69, 9.17) is 16.3 Å². The van der Waals surface area contributed by atoms with Crippen LogP contribution >= 0.6 is 11.6 Å². The summed E-state index contributed by atoms with van der Waals surface area (Å²) >= 11 is 5.99. The molecular weight excluding hydrogens is 479 g/mol. The number of rotatable bonds is 6. The Balaban J connectivity index is 1.63. The largest absolute Gasteiger partial charge is 0.420 e. The number of nitrogens with zero attached hydrogens (tertiary/aromatic N) is 7. The lowest BCUT2D eigenvalue weighted by Crippen LogP contribution is -2.23. The first-order chi connectivity index (χ1) is 16.2. The number of alkyl halides is 3. The van der Waals surface area contributed by atoms with Gasteiger partial charge in [-0.25, -0.2) is 19.3 Å². The van der Waals surface area contributed by atoms with Crippen LogP contribution in [0.5, 0.6) is 0 Å². The molecule has 0 aliphatic rings. The number of ether oxygens (including phenoxy) is 1. The van der Waals surface area contributed by atoms with E-state index in [1.54, 1.807) is 6.07 Å². The van der Waals surface area contributed by atoms with Crippen LogP contribution in [0.4, 0.5) is 29.3 Å². The number of halogens is 4. The predicted molar refractivity (Wildman–Crippen MR) is 115 cm³/mol. The SMILES string of the molecule is COC[C@@H](C)c1c(NC(=O)Nc2cnc(-n3nccn3)c(C(F)(F)F)c2)cnc2cc(Cl)nn12. The second kappa shape index (κ2) is 9.23. The van der Waals surface area contributed by atoms with Crippen LogP contribution in [0.15, 0.2) is 36.9 Å². The topological polar surface area (TPSA) is 124 Å². The first-order valence-electron chi connectivity index (χ1n) is 9.72. The van der Waals surface area contributed by atoms with Gasteiger partial charge in [-0.05, 0) is 6.07 Å². The van der Waals surface area contributed by atoms with Gasteiger partial charge in [0.1, 0.15) is 5.56 Å². The number of nitrogens with one attached hydrogen (secondary N) is 2. The average molecular weight is 496 g/mol. The second-order valence-electron chi connectivity index (χ2n) is 7.14. The van der Waals surface area contributed by atoms with Crippen LogP contribution in [-0.2, 0) is 10.9 Å². The molecule has 0 unspecified atom stereocenters. The van der Waals surface area contributed by atoms with Crippen LogP contribution in [-0.4, -0.2) is 54.3 Å². The maximum atomic E-state index is 13.6. The summed E-state index contributed by atoms with van der Waals surface area (Å²) in [5.74, 6) is -0.759. The van der Waals surface area contributed by atoms with Crippen molar-refractivity contribution in [2.75, 3.05) is 24.4 Å². The Hall–Kier alpha value is -3.78. The molecule has 4 aromatic rings. The van der Waals surface area contributed by atoms with E-state index in [1.165, 1.54) is 30.2 Å². The molecule has 4 aromatic heterocycles. The monoisotopic (exact) mass is 495 g/mol. The Labute approximate surface area is 194 Å². The van der Waals surface area contributed by atoms with Gasteiger partial charge in [-0.2, -0.15) is 28.5 Å². The number of carbonyl (C=O) groups is 1. The molecular formula is C19H17ClF3N9O2. The first kappa shape index (κ1) is 23.4. The lowest BCUT2D eigenvalue weighted by atomic mass is 10.1. The molecule has 0 aliphatic heterocycles. The van der Waals surface area contributed by atoms with E-state index < -0.39 is 23.6 Å². The Morgan fingerprint density at radius 1 is 1.18 bits per heavy atom. The summed E-state index contributed by atoms with van der Waals surface area (Å²) in [4.78, 5) is 21.4. The zero-order valence-corrected chi connectivity index (χ0v) is 18.5. The normalized spacial score (nSPS) is 12.6. The van der Waals surface area contributed by atoms with Gasteiger partial charge < -0.3 is 15.4 Å². The Morgan fingerprint density at radius 3 is 2.59 bits per heavy atom. The molecule has 15 heteroatoms. The average Bonchev–Trinajstić information content (AvgIpc) is 3.42. The number of pyridine rings is 1. The third-order valence-corrected chi connectivity index (χ3v) is 4.85. The van der Waals surface area contributed by atoms with Gasteiger partial charge in [-0.1, -0.05) is 18.5 Å². The number of amides is 2. The molecule has 0 spiro atoms. The molecule has 0 fully saturated rings. The van der Waals surface area contributed by atoms with Gasteiger partial charge >= 0.3 is 12.2 Å². The number of hydrogen-bond donors (Lipinski definition) is 2. The van der Waals surface area contributed by atoms with E-state index in [-0.39, 0.29) is 22.4 Å². The van der Waals surface area contributed by atoms with Gasteiger partial charge in [-0.3, -0.25) is 0 Å². The van der Waals surface area contributed by atoms with Gasteiger partial charge in [0.25, 0.3) is 0 Å². The fourth-order valence-electron chi connectivity index (χ4n) is 3.33. The van der Waals surface area contributed by atoms with E-state index in [0.29, 0.717) is 17.9 Å². The minimum atomic E-state index is -4.76. The van der Waals surface area contributed by atoms with Crippen molar-refractivity contribution in [3.63, 3.8) is 0 Å². The van der Waals surface area contributed by atoms with Gasteiger partial charge in [0, 0.05) is 19.1 Å². The summed E-state index contributed by atoms with van der Waals surface area (Å²) in [5, 5.41) is 16.7. The van der Waals surface area contributed by atoms with Crippen molar-refractivity contribution in [2.24, 2.45) is 0 Å². The van der Waals surface area contributed by atoms with Crippen LogP contribution < -0.4 is 10.6 Å². The van der Waals surface area contributed by atoms with Crippen LogP contribution in [0.1, 0.15) is 24.1 Å².